The molecule has 1 heterocycles. The lowest BCUT2D eigenvalue weighted by atomic mass is 9.66. The van der Waals surface area contributed by atoms with E-state index in [1.807, 2.05) is 49.4 Å². The first-order valence-electron chi connectivity index (χ1n) is 11.4. The van der Waals surface area contributed by atoms with Gasteiger partial charge in [-0.05, 0) is 56.4 Å². The summed E-state index contributed by atoms with van der Waals surface area (Å²) in [6.45, 7) is 8.36. The van der Waals surface area contributed by atoms with Gasteiger partial charge in [0.05, 0.1) is 17.2 Å². The predicted octanol–water partition coefficient (Wildman–Crippen LogP) is 6.73. The molecule has 2 aromatic carbocycles. The molecule has 1 aliphatic rings. The number of aryl methyl sites for hydroxylation is 1. The normalized spacial score (nSPS) is 18.8. The van der Waals surface area contributed by atoms with Gasteiger partial charge in [0.25, 0.3) is 0 Å². The van der Waals surface area contributed by atoms with Gasteiger partial charge in [-0.2, -0.15) is 0 Å². The van der Waals surface area contributed by atoms with Crippen LogP contribution < -0.4 is 0 Å². The van der Waals surface area contributed by atoms with Crippen molar-refractivity contribution in [3.63, 3.8) is 0 Å². The van der Waals surface area contributed by atoms with Crippen LogP contribution in [0.2, 0.25) is 5.02 Å². The summed E-state index contributed by atoms with van der Waals surface area (Å²) in [5.41, 5.74) is 3.06. The summed E-state index contributed by atoms with van der Waals surface area (Å²) < 4.78 is 2.32. The van der Waals surface area contributed by atoms with Crippen molar-refractivity contribution in [2.75, 3.05) is 0 Å². The van der Waals surface area contributed by atoms with Crippen LogP contribution in [0.4, 0.5) is 0 Å². The van der Waals surface area contributed by atoms with Crippen LogP contribution in [0.5, 0.6) is 0 Å². The summed E-state index contributed by atoms with van der Waals surface area (Å²) in [7, 11) is 0. The fraction of sp³-hybridized carbons (Fsp3) is 0.407. The van der Waals surface area contributed by atoms with Gasteiger partial charge in [0, 0.05) is 22.6 Å². The minimum Gasteiger partial charge on any atom is -0.481 e. The Balaban J connectivity index is 1.93. The first-order valence-corrected chi connectivity index (χ1v) is 11.8. The maximum absolute atomic E-state index is 12.8. The third-order valence-electron chi connectivity index (χ3n) is 7.06. The number of fused-ring (bicyclic) bond motifs is 1. The summed E-state index contributed by atoms with van der Waals surface area (Å²) in [6, 6.07) is 17.6. The number of aliphatic carboxylic acids is 1. The van der Waals surface area contributed by atoms with Gasteiger partial charge in [-0.1, -0.05) is 67.9 Å². The largest absolute Gasteiger partial charge is 0.481 e. The lowest BCUT2D eigenvalue weighted by molar-refractivity contribution is -0.144. The molecular formula is C27H31ClN2O2. The zero-order valence-corrected chi connectivity index (χ0v) is 19.9. The molecule has 32 heavy (non-hydrogen) atoms. The molecule has 2 unspecified atom stereocenters. The van der Waals surface area contributed by atoms with Gasteiger partial charge in [-0.25, -0.2) is 4.98 Å². The number of hydrogen-bond acceptors (Lipinski definition) is 2. The van der Waals surface area contributed by atoms with Crippen LogP contribution in [-0.2, 0) is 16.6 Å². The summed E-state index contributed by atoms with van der Waals surface area (Å²) in [5, 5.41) is 11.2. The summed E-state index contributed by atoms with van der Waals surface area (Å²) in [5.74, 6) is 0.286. The molecule has 3 aromatic rings. The van der Waals surface area contributed by atoms with Crippen LogP contribution in [0.15, 0.2) is 54.6 Å². The molecule has 168 valence electrons. The van der Waals surface area contributed by atoms with Crippen LogP contribution in [0.1, 0.15) is 86.8 Å². The average molecular weight is 451 g/mol. The highest BCUT2D eigenvalue weighted by molar-refractivity contribution is 6.30. The van der Waals surface area contributed by atoms with E-state index in [0.29, 0.717) is 5.02 Å². The zero-order chi connectivity index (χ0) is 23.0. The van der Waals surface area contributed by atoms with E-state index in [1.165, 1.54) is 0 Å². The number of benzene rings is 2. The molecule has 0 saturated heterocycles. The number of hydrogen-bond donors (Lipinski definition) is 1. The summed E-state index contributed by atoms with van der Waals surface area (Å²) >= 11 is 6.14. The number of rotatable bonds is 6. The monoisotopic (exact) mass is 450 g/mol. The van der Waals surface area contributed by atoms with E-state index < -0.39 is 11.4 Å². The highest BCUT2D eigenvalue weighted by Crippen LogP contribution is 2.48. The summed E-state index contributed by atoms with van der Waals surface area (Å²) in [4.78, 5) is 17.9. The van der Waals surface area contributed by atoms with Gasteiger partial charge in [0.2, 0.25) is 0 Å². The SMILES string of the molecule is CC(C)c1nc2c(n1[C@@H](C)c1ccc(Cl)cc1)C(C(C)(C(=O)O)c1ccccc1)CCC2. The average Bonchev–Trinajstić information content (AvgIpc) is 3.19. The van der Waals surface area contributed by atoms with Crippen molar-refractivity contribution < 1.29 is 9.90 Å². The molecule has 4 nitrogen and oxygen atoms in total. The Hall–Kier alpha value is -2.59. The molecule has 1 aromatic heterocycles. The maximum Gasteiger partial charge on any atom is 0.314 e. The van der Waals surface area contributed by atoms with Crippen LogP contribution in [0.25, 0.3) is 0 Å². The second-order valence-electron chi connectivity index (χ2n) is 9.37. The fourth-order valence-electron chi connectivity index (χ4n) is 5.20. The Labute approximate surface area is 195 Å². The van der Waals surface area contributed by atoms with E-state index in [-0.39, 0.29) is 17.9 Å². The third-order valence-corrected chi connectivity index (χ3v) is 7.31. The number of aromatic nitrogens is 2. The quantitative estimate of drug-likeness (QED) is 0.452. The molecule has 0 fully saturated rings. The zero-order valence-electron chi connectivity index (χ0n) is 19.2. The highest BCUT2D eigenvalue weighted by Gasteiger charge is 2.48. The Kier molecular flexibility index (Phi) is 6.17. The van der Waals surface area contributed by atoms with E-state index in [0.717, 1.165) is 47.6 Å². The Morgan fingerprint density at radius 2 is 1.78 bits per heavy atom. The third kappa shape index (κ3) is 3.75. The second kappa shape index (κ2) is 8.74. The topological polar surface area (TPSA) is 55.1 Å². The van der Waals surface area contributed by atoms with Gasteiger partial charge in [-0.15, -0.1) is 0 Å². The molecule has 4 rings (SSSR count). The molecule has 1 aliphatic carbocycles. The Bertz CT molecular complexity index is 1100. The standard InChI is InChI=1S/C27H31ClN2O2/c1-17(2)25-29-23-12-8-11-22(27(4,26(31)32)20-9-6-5-7-10-20)24(23)30(25)18(3)19-13-15-21(28)16-14-19/h5-7,9-10,13-18,22H,8,11-12H2,1-4H3,(H,31,32)/t18-,22?,27?/m0/s1. The van der Waals surface area contributed by atoms with Crippen molar-refractivity contribution in [2.24, 2.45) is 0 Å². The van der Waals surface area contributed by atoms with Crippen molar-refractivity contribution in [3.8, 4) is 0 Å². The molecule has 0 amide bonds. The number of imidazole rings is 1. The van der Waals surface area contributed by atoms with Crippen LogP contribution >= 0.6 is 11.6 Å². The van der Waals surface area contributed by atoms with Crippen molar-refractivity contribution in [3.05, 3.63) is 88.0 Å². The number of halogens is 1. The number of carboxylic acid groups (broad SMARTS) is 1. The van der Waals surface area contributed by atoms with Gasteiger partial charge in [0.15, 0.2) is 0 Å². The highest BCUT2D eigenvalue weighted by atomic mass is 35.5. The van der Waals surface area contributed by atoms with Gasteiger partial charge in [0.1, 0.15) is 5.82 Å². The molecule has 3 atom stereocenters. The molecule has 1 N–H and O–H groups in total. The molecule has 5 heteroatoms. The Morgan fingerprint density at radius 3 is 2.38 bits per heavy atom. The minimum absolute atomic E-state index is 0.0235. The van der Waals surface area contributed by atoms with E-state index in [4.69, 9.17) is 16.6 Å². The van der Waals surface area contributed by atoms with Crippen molar-refractivity contribution >= 4 is 17.6 Å². The molecule has 0 saturated carbocycles. The van der Waals surface area contributed by atoms with Gasteiger partial charge in [-0.3, -0.25) is 4.79 Å². The fourth-order valence-corrected chi connectivity index (χ4v) is 5.33. The lowest BCUT2D eigenvalue weighted by Gasteiger charge is -2.38. The maximum atomic E-state index is 12.8. The number of carbonyl (C=O) groups is 1. The minimum atomic E-state index is -1.04. The molecule has 0 bridgehead atoms. The predicted molar refractivity (Wildman–Crippen MR) is 129 cm³/mol. The molecular weight excluding hydrogens is 420 g/mol. The van der Waals surface area contributed by atoms with E-state index in [9.17, 15) is 9.90 Å². The molecule has 0 aliphatic heterocycles. The lowest BCUT2D eigenvalue weighted by Crippen LogP contribution is -2.41. The van der Waals surface area contributed by atoms with Gasteiger partial charge < -0.3 is 9.67 Å². The Morgan fingerprint density at radius 1 is 1.12 bits per heavy atom. The van der Waals surface area contributed by atoms with Gasteiger partial charge >= 0.3 is 5.97 Å². The van der Waals surface area contributed by atoms with Crippen molar-refractivity contribution in [1.82, 2.24) is 9.55 Å². The summed E-state index contributed by atoms with van der Waals surface area (Å²) in [6.07, 6.45) is 2.65. The van der Waals surface area contributed by atoms with E-state index in [1.54, 1.807) is 0 Å². The van der Waals surface area contributed by atoms with Crippen LogP contribution in [-0.4, -0.2) is 20.6 Å². The van der Waals surface area contributed by atoms with Crippen LogP contribution in [0, 0.1) is 0 Å². The second-order valence-corrected chi connectivity index (χ2v) is 9.81. The smallest absolute Gasteiger partial charge is 0.314 e. The van der Waals surface area contributed by atoms with Crippen molar-refractivity contribution in [2.45, 2.75) is 70.3 Å². The van der Waals surface area contributed by atoms with Crippen molar-refractivity contribution in [1.29, 1.82) is 0 Å². The number of nitrogens with zero attached hydrogens (tertiary/aromatic N) is 2. The van der Waals surface area contributed by atoms with Crippen LogP contribution in [0.3, 0.4) is 0 Å². The molecule has 0 spiro atoms. The van der Waals surface area contributed by atoms with E-state index in [2.05, 4.69) is 37.5 Å². The van der Waals surface area contributed by atoms with E-state index >= 15 is 0 Å². The number of carboxylic acids is 1. The first kappa shape index (κ1) is 22.6. The molecule has 0 radical (unpaired) electrons. The first-order chi connectivity index (χ1) is 15.2.